The number of hydrogen-bond donors (Lipinski definition) is 2. The summed E-state index contributed by atoms with van der Waals surface area (Å²) in [7, 11) is 0. The summed E-state index contributed by atoms with van der Waals surface area (Å²) in [5.74, 6) is 0. The van der Waals surface area contributed by atoms with Crippen molar-refractivity contribution >= 4 is 0 Å². The molecule has 1 rings (SSSR count). The molecule has 1 aliphatic rings. The first kappa shape index (κ1) is 16.9. The Bertz CT molecular complexity index is 191. The minimum atomic E-state index is -0.352. The number of rotatable bonds is 10. The predicted molar refractivity (Wildman–Crippen MR) is 80.5 cm³/mol. The maximum Gasteiger partial charge on any atom is 0.0897 e. The quantitative estimate of drug-likeness (QED) is 0.473. The molecule has 0 aromatic heterocycles. The van der Waals surface area contributed by atoms with Gasteiger partial charge in [0.15, 0.2) is 0 Å². The average molecular weight is 271 g/mol. The first-order valence-corrected chi connectivity index (χ1v) is 8.32. The van der Waals surface area contributed by atoms with Gasteiger partial charge in [-0.25, -0.2) is 0 Å². The molecule has 1 fully saturated rings. The summed E-state index contributed by atoms with van der Waals surface area (Å²) in [5, 5.41) is 13.4. The molecule has 0 aromatic carbocycles. The predicted octanol–water partition coefficient (Wildman–Crippen LogP) is 3.26. The van der Waals surface area contributed by atoms with Crippen molar-refractivity contribution in [1.29, 1.82) is 0 Å². The highest BCUT2D eigenvalue weighted by Crippen LogP contribution is 2.17. The molecule has 0 heterocycles. The molecule has 1 atom stereocenters. The highest BCUT2D eigenvalue weighted by atomic mass is 16.5. The monoisotopic (exact) mass is 271 g/mol. The van der Waals surface area contributed by atoms with Gasteiger partial charge in [-0.3, -0.25) is 0 Å². The number of aliphatic hydroxyl groups is 1. The third-order valence-corrected chi connectivity index (χ3v) is 3.95. The lowest BCUT2D eigenvalue weighted by Gasteiger charge is -2.19. The Morgan fingerprint density at radius 2 is 1.84 bits per heavy atom. The van der Waals surface area contributed by atoms with Crippen LogP contribution in [0, 0.1) is 0 Å². The molecule has 0 bridgehead atoms. The third-order valence-electron chi connectivity index (χ3n) is 3.95. The summed E-state index contributed by atoms with van der Waals surface area (Å²) in [6.45, 7) is 4.16. The molecular weight excluding hydrogens is 238 g/mol. The molecule has 0 aliphatic heterocycles. The molecule has 0 saturated heterocycles. The van der Waals surface area contributed by atoms with Crippen LogP contribution in [0.25, 0.3) is 0 Å². The normalized spacial score (nSPS) is 19.3. The van der Waals surface area contributed by atoms with Crippen molar-refractivity contribution in [2.75, 3.05) is 19.8 Å². The van der Waals surface area contributed by atoms with Crippen LogP contribution in [0.4, 0.5) is 0 Å². The number of ether oxygens (including phenoxy) is 1. The van der Waals surface area contributed by atoms with E-state index in [0.717, 1.165) is 13.0 Å². The molecule has 1 saturated carbocycles. The van der Waals surface area contributed by atoms with E-state index in [1.54, 1.807) is 0 Å². The van der Waals surface area contributed by atoms with Crippen LogP contribution in [-0.4, -0.2) is 37.0 Å². The fourth-order valence-corrected chi connectivity index (χ4v) is 2.70. The first-order chi connectivity index (χ1) is 9.33. The van der Waals surface area contributed by atoms with Gasteiger partial charge in [-0.05, 0) is 19.3 Å². The Kier molecular flexibility index (Phi) is 10.4. The van der Waals surface area contributed by atoms with Gasteiger partial charge in [-0.2, -0.15) is 0 Å². The number of aliphatic hydroxyl groups excluding tert-OH is 1. The van der Waals surface area contributed by atoms with Gasteiger partial charge < -0.3 is 15.2 Å². The molecule has 1 aliphatic carbocycles. The van der Waals surface area contributed by atoms with Crippen LogP contribution in [0.15, 0.2) is 0 Å². The minimum Gasteiger partial charge on any atom is -0.389 e. The van der Waals surface area contributed by atoms with Gasteiger partial charge in [0.1, 0.15) is 0 Å². The van der Waals surface area contributed by atoms with Gasteiger partial charge in [0, 0.05) is 19.2 Å². The first-order valence-electron chi connectivity index (χ1n) is 8.32. The minimum absolute atomic E-state index is 0.352. The Labute approximate surface area is 119 Å². The number of hydrogen-bond acceptors (Lipinski definition) is 3. The molecule has 3 heteroatoms. The number of unbranched alkanes of at least 4 members (excludes halogenated alkanes) is 3. The van der Waals surface area contributed by atoms with Gasteiger partial charge >= 0.3 is 0 Å². The second-order valence-electron chi connectivity index (χ2n) is 5.89. The van der Waals surface area contributed by atoms with E-state index >= 15 is 0 Å². The lowest BCUT2D eigenvalue weighted by molar-refractivity contribution is 0.0339. The summed E-state index contributed by atoms with van der Waals surface area (Å²) in [6, 6.07) is 0.613. The third kappa shape index (κ3) is 9.42. The van der Waals surface area contributed by atoms with Crippen LogP contribution in [0.1, 0.15) is 71.1 Å². The fourth-order valence-electron chi connectivity index (χ4n) is 2.70. The van der Waals surface area contributed by atoms with Crippen molar-refractivity contribution in [2.45, 2.75) is 83.3 Å². The summed E-state index contributed by atoms with van der Waals surface area (Å²) in [5.41, 5.74) is 0. The largest absolute Gasteiger partial charge is 0.389 e. The zero-order valence-electron chi connectivity index (χ0n) is 12.7. The molecule has 3 nitrogen and oxygen atoms in total. The maximum atomic E-state index is 9.87. The summed E-state index contributed by atoms with van der Waals surface area (Å²) >= 11 is 0. The topological polar surface area (TPSA) is 41.5 Å². The Hall–Kier alpha value is -0.120. The Balaban J connectivity index is 1.93. The van der Waals surface area contributed by atoms with E-state index < -0.39 is 0 Å². The summed E-state index contributed by atoms with van der Waals surface area (Å²) in [6.07, 6.45) is 12.5. The summed E-state index contributed by atoms with van der Waals surface area (Å²) in [4.78, 5) is 0. The van der Waals surface area contributed by atoms with Crippen molar-refractivity contribution in [2.24, 2.45) is 0 Å². The van der Waals surface area contributed by atoms with Crippen molar-refractivity contribution in [3.63, 3.8) is 0 Å². The molecule has 1 unspecified atom stereocenters. The second kappa shape index (κ2) is 11.7. The van der Waals surface area contributed by atoms with Crippen LogP contribution in [0.2, 0.25) is 0 Å². The van der Waals surface area contributed by atoms with Gasteiger partial charge in [0.25, 0.3) is 0 Å². The van der Waals surface area contributed by atoms with Gasteiger partial charge in [0.05, 0.1) is 12.7 Å². The van der Waals surface area contributed by atoms with Crippen LogP contribution >= 0.6 is 0 Å². The highest BCUT2D eigenvalue weighted by Gasteiger charge is 2.13. The van der Waals surface area contributed by atoms with E-state index in [2.05, 4.69) is 12.2 Å². The Morgan fingerprint density at radius 3 is 2.53 bits per heavy atom. The highest BCUT2D eigenvalue weighted by molar-refractivity contribution is 4.72. The lowest BCUT2D eigenvalue weighted by atomic mass is 10.1. The lowest BCUT2D eigenvalue weighted by Crippen LogP contribution is -2.37. The fraction of sp³-hybridized carbons (Fsp3) is 1.00. The maximum absolute atomic E-state index is 9.87. The van der Waals surface area contributed by atoms with Gasteiger partial charge in [0.2, 0.25) is 0 Å². The number of nitrogens with one attached hydrogen (secondary N) is 1. The van der Waals surface area contributed by atoms with E-state index in [9.17, 15) is 5.11 Å². The average Bonchev–Trinajstić information content (AvgIpc) is 2.69. The van der Waals surface area contributed by atoms with Crippen molar-refractivity contribution in [1.82, 2.24) is 5.32 Å². The summed E-state index contributed by atoms with van der Waals surface area (Å²) < 4.78 is 5.52. The molecule has 114 valence electrons. The Morgan fingerprint density at radius 1 is 1.11 bits per heavy atom. The molecule has 19 heavy (non-hydrogen) atoms. The van der Waals surface area contributed by atoms with Crippen molar-refractivity contribution < 1.29 is 9.84 Å². The standard InChI is InChI=1S/C16H33NO2/c1-2-3-4-9-12-19-14-16(18)13-17-15-10-7-5-6-8-11-15/h15-18H,2-14H2,1H3. The zero-order chi connectivity index (χ0) is 13.8. The van der Waals surface area contributed by atoms with E-state index in [1.807, 2.05) is 0 Å². The zero-order valence-corrected chi connectivity index (χ0v) is 12.7. The molecule has 2 N–H and O–H groups in total. The van der Waals surface area contributed by atoms with Crippen LogP contribution in [0.3, 0.4) is 0 Å². The van der Waals surface area contributed by atoms with E-state index in [4.69, 9.17) is 4.74 Å². The van der Waals surface area contributed by atoms with Crippen molar-refractivity contribution in [3.8, 4) is 0 Å². The van der Waals surface area contributed by atoms with Crippen LogP contribution < -0.4 is 5.32 Å². The van der Waals surface area contributed by atoms with Gasteiger partial charge in [-0.15, -0.1) is 0 Å². The molecular formula is C16H33NO2. The van der Waals surface area contributed by atoms with Crippen LogP contribution in [-0.2, 0) is 4.74 Å². The smallest absolute Gasteiger partial charge is 0.0897 e. The van der Waals surface area contributed by atoms with Gasteiger partial charge in [-0.1, -0.05) is 51.9 Å². The molecule has 0 amide bonds. The van der Waals surface area contributed by atoms with E-state index in [1.165, 1.54) is 57.8 Å². The second-order valence-corrected chi connectivity index (χ2v) is 5.89. The molecule has 0 radical (unpaired) electrons. The van der Waals surface area contributed by atoms with Crippen molar-refractivity contribution in [3.05, 3.63) is 0 Å². The van der Waals surface area contributed by atoms with Crippen LogP contribution in [0.5, 0.6) is 0 Å². The molecule has 0 aromatic rings. The molecule has 0 spiro atoms. The van der Waals surface area contributed by atoms with E-state index in [0.29, 0.717) is 19.2 Å². The SMILES string of the molecule is CCCCCCOCC(O)CNC1CCCCCC1. The van der Waals surface area contributed by atoms with E-state index in [-0.39, 0.29) is 6.10 Å².